The van der Waals surface area contributed by atoms with Crippen molar-refractivity contribution in [2.75, 3.05) is 20.1 Å². The molecule has 3 unspecified atom stereocenters. The number of nitrogens with zero attached hydrogens (tertiary/aromatic N) is 2. The third kappa shape index (κ3) is 4.22. The molecule has 0 aromatic heterocycles. The van der Waals surface area contributed by atoms with Crippen molar-refractivity contribution < 1.29 is 13.2 Å². The summed E-state index contributed by atoms with van der Waals surface area (Å²) in [6.07, 6.45) is 5.93. The lowest BCUT2D eigenvalue weighted by Crippen LogP contribution is -2.52. The predicted octanol–water partition coefficient (Wildman–Crippen LogP) is 2.25. The average Bonchev–Trinajstić information content (AvgIpc) is 3.05. The van der Waals surface area contributed by atoms with Crippen LogP contribution in [-0.4, -0.2) is 61.8 Å². The maximum Gasteiger partial charge on any atom is 0.243 e. The molecule has 1 N–H and O–H groups in total. The van der Waals surface area contributed by atoms with Gasteiger partial charge in [-0.2, -0.15) is 4.31 Å². The number of rotatable bonds is 4. The highest BCUT2D eigenvalue weighted by Crippen LogP contribution is 2.31. The van der Waals surface area contributed by atoms with Gasteiger partial charge in [0.1, 0.15) is 0 Å². The lowest BCUT2D eigenvalue weighted by molar-refractivity contribution is -0.138. The summed E-state index contributed by atoms with van der Waals surface area (Å²) in [7, 11) is -1.63. The molecule has 0 saturated carbocycles. The number of hydrogen-bond acceptors (Lipinski definition) is 4. The number of amides is 1. The molecule has 6 nitrogen and oxygen atoms in total. The van der Waals surface area contributed by atoms with E-state index in [4.69, 9.17) is 0 Å². The highest BCUT2D eigenvalue weighted by molar-refractivity contribution is 7.89. The molecule has 0 aliphatic carbocycles. The monoisotopic (exact) mass is 427 g/mol. The van der Waals surface area contributed by atoms with Crippen molar-refractivity contribution in [3.05, 3.63) is 30.3 Å². The number of piperidine rings is 2. The van der Waals surface area contributed by atoms with E-state index < -0.39 is 10.0 Å². The van der Waals surface area contributed by atoms with Crippen LogP contribution in [0.5, 0.6) is 0 Å². The van der Waals surface area contributed by atoms with Gasteiger partial charge in [0, 0.05) is 38.3 Å². The fourth-order valence-corrected chi connectivity index (χ4v) is 6.46. The van der Waals surface area contributed by atoms with Gasteiger partial charge in [-0.05, 0) is 50.7 Å². The fraction of sp³-hybridized carbons (Fsp3) is 0.650. The number of sulfonamides is 1. The molecule has 0 radical (unpaired) electrons. The minimum Gasteiger partial charge on any atom is -0.342 e. The number of benzene rings is 1. The SMILES string of the molecule is CN(C(=O)C1CCCN(S(=O)(=O)c2ccccc2)C1)C1CC2CCC(C1)N2.Cl. The molecule has 8 heteroatoms. The Morgan fingerprint density at radius 2 is 1.75 bits per heavy atom. The van der Waals surface area contributed by atoms with Crippen LogP contribution in [0, 0.1) is 5.92 Å². The maximum atomic E-state index is 13.1. The summed E-state index contributed by atoms with van der Waals surface area (Å²) in [5.74, 6) is -0.135. The molecule has 3 aliphatic rings. The molecule has 3 fully saturated rings. The molecule has 1 amide bonds. The van der Waals surface area contributed by atoms with Gasteiger partial charge in [-0.15, -0.1) is 12.4 Å². The average molecular weight is 428 g/mol. The van der Waals surface area contributed by atoms with E-state index in [0.717, 1.165) is 25.7 Å². The van der Waals surface area contributed by atoms with Crippen LogP contribution in [0.25, 0.3) is 0 Å². The first-order chi connectivity index (χ1) is 12.9. The van der Waals surface area contributed by atoms with E-state index in [-0.39, 0.29) is 36.8 Å². The van der Waals surface area contributed by atoms with Gasteiger partial charge >= 0.3 is 0 Å². The Bertz CT molecular complexity index is 777. The van der Waals surface area contributed by atoms with Gasteiger partial charge in [0.15, 0.2) is 0 Å². The van der Waals surface area contributed by atoms with Crippen LogP contribution in [-0.2, 0) is 14.8 Å². The van der Waals surface area contributed by atoms with Gasteiger partial charge in [0.25, 0.3) is 0 Å². The number of fused-ring (bicyclic) bond motifs is 2. The van der Waals surface area contributed by atoms with Crippen molar-refractivity contribution in [2.24, 2.45) is 5.92 Å². The van der Waals surface area contributed by atoms with E-state index in [2.05, 4.69) is 5.32 Å². The molecule has 4 rings (SSSR count). The summed E-state index contributed by atoms with van der Waals surface area (Å²) in [5.41, 5.74) is 0. The summed E-state index contributed by atoms with van der Waals surface area (Å²) < 4.78 is 27.3. The molecular formula is C20H30ClN3O3S. The Morgan fingerprint density at radius 1 is 1.11 bits per heavy atom. The van der Waals surface area contributed by atoms with E-state index in [1.165, 1.54) is 17.1 Å². The number of nitrogens with one attached hydrogen (secondary N) is 1. The third-order valence-electron chi connectivity index (χ3n) is 6.46. The highest BCUT2D eigenvalue weighted by atomic mass is 35.5. The Labute approximate surface area is 174 Å². The largest absolute Gasteiger partial charge is 0.342 e. The normalized spacial score (nSPS) is 30.5. The molecule has 3 atom stereocenters. The number of carbonyl (C=O) groups is 1. The molecule has 1 aromatic rings. The molecule has 0 spiro atoms. The van der Waals surface area contributed by atoms with Crippen molar-refractivity contribution in [3.8, 4) is 0 Å². The van der Waals surface area contributed by atoms with E-state index in [0.29, 0.717) is 23.5 Å². The maximum absolute atomic E-state index is 13.1. The second-order valence-corrected chi connectivity index (χ2v) is 10.2. The van der Waals surface area contributed by atoms with Crippen LogP contribution in [0.1, 0.15) is 38.5 Å². The summed E-state index contributed by atoms with van der Waals surface area (Å²) in [5, 5.41) is 3.61. The first-order valence-electron chi connectivity index (χ1n) is 10.0. The van der Waals surface area contributed by atoms with Crippen molar-refractivity contribution in [1.29, 1.82) is 0 Å². The van der Waals surface area contributed by atoms with Crippen LogP contribution in [0.15, 0.2) is 35.2 Å². The van der Waals surface area contributed by atoms with E-state index in [1.54, 1.807) is 24.3 Å². The van der Waals surface area contributed by atoms with Crippen molar-refractivity contribution in [1.82, 2.24) is 14.5 Å². The summed E-state index contributed by atoms with van der Waals surface area (Å²) in [6, 6.07) is 9.86. The van der Waals surface area contributed by atoms with Gasteiger partial charge in [0.05, 0.1) is 10.8 Å². The van der Waals surface area contributed by atoms with Gasteiger partial charge in [-0.1, -0.05) is 18.2 Å². The quantitative estimate of drug-likeness (QED) is 0.800. The predicted molar refractivity (Wildman–Crippen MR) is 111 cm³/mol. The first-order valence-corrected chi connectivity index (χ1v) is 11.5. The smallest absolute Gasteiger partial charge is 0.243 e. The molecule has 3 heterocycles. The van der Waals surface area contributed by atoms with E-state index >= 15 is 0 Å². The lowest BCUT2D eigenvalue weighted by atomic mass is 9.94. The summed E-state index contributed by atoms with van der Waals surface area (Å²) in [6.45, 7) is 0.778. The Hall–Kier alpha value is -1.15. The number of hydrogen-bond donors (Lipinski definition) is 1. The topological polar surface area (TPSA) is 69.7 Å². The minimum atomic E-state index is -3.53. The second kappa shape index (κ2) is 8.69. The van der Waals surface area contributed by atoms with Gasteiger partial charge in [0.2, 0.25) is 15.9 Å². The zero-order valence-electron chi connectivity index (χ0n) is 16.3. The van der Waals surface area contributed by atoms with Gasteiger partial charge < -0.3 is 10.2 Å². The number of halogens is 1. The highest BCUT2D eigenvalue weighted by Gasteiger charge is 2.39. The van der Waals surface area contributed by atoms with Crippen LogP contribution in [0.4, 0.5) is 0 Å². The van der Waals surface area contributed by atoms with Crippen LogP contribution in [0.2, 0.25) is 0 Å². The van der Waals surface area contributed by atoms with Gasteiger partial charge in [-0.3, -0.25) is 4.79 Å². The lowest BCUT2D eigenvalue weighted by Gasteiger charge is -2.39. The minimum absolute atomic E-state index is 0. The standard InChI is InChI=1S/C20H29N3O3S.ClH/c1-22(18-12-16-9-10-17(13-18)21-16)20(24)15-6-5-11-23(14-15)27(25,26)19-7-3-2-4-8-19;/h2-4,7-8,15-18,21H,5-6,9-14H2,1H3;1H. The van der Waals surface area contributed by atoms with E-state index in [9.17, 15) is 13.2 Å². The zero-order valence-corrected chi connectivity index (χ0v) is 17.9. The van der Waals surface area contributed by atoms with Crippen molar-refractivity contribution >= 4 is 28.3 Å². The Kier molecular flexibility index (Phi) is 6.69. The molecule has 2 bridgehead atoms. The molecular weight excluding hydrogens is 398 g/mol. The molecule has 1 aromatic carbocycles. The first kappa shape index (κ1) is 21.6. The second-order valence-electron chi connectivity index (χ2n) is 8.23. The van der Waals surface area contributed by atoms with E-state index in [1.807, 2.05) is 18.0 Å². The van der Waals surface area contributed by atoms with Crippen LogP contribution in [0.3, 0.4) is 0 Å². The Morgan fingerprint density at radius 3 is 2.39 bits per heavy atom. The molecule has 156 valence electrons. The molecule has 3 saturated heterocycles. The van der Waals surface area contributed by atoms with Gasteiger partial charge in [-0.25, -0.2) is 8.42 Å². The number of carbonyl (C=O) groups excluding carboxylic acids is 1. The zero-order chi connectivity index (χ0) is 19.0. The third-order valence-corrected chi connectivity index (χ3v) is 8.34. The van der Waals surface area contributed by atoms with Crippen LogP contribution >= 0.6 is 12.4 Å². The van der Waals surface area contributed by atoms with Crippen LogP contribution < -0.4 is 5.32 Å². The Balaban J connectivity index is 0.00000225. The molecule has 28 heavy (non-hydrogen) atoms. The summed E-state index contributed by atoms with van der Waals surface area (Å²) >= 11 is 0. The molecule has 3 aliphatic heterocycles. The van der Waals surface area contributed by atoms with Crippen molar-refractivity contribution in [3.63, 3.8) is 0 Å². The van der Waals surface area contributed by atoms with Crippen molar-refractivity contribution in [2.45, 2.75) is 61.5 Å². The fourth-order valence-electron chi connectivity index (χ4n) is 4.92. The summed E-state index contributed by atoms with van der Waals surface area (Å²) in [4.78, 5) is 15.3.